The van der Waals surface area contributed by atoms with Crippen LogP contribution in [0.4, 0.5) is 0 Å². The Morgan fingerprint density at radius 3 is 2.69 bits per heavy atom. The molecule has 26 heavy (non-hydrogen) atoms. The summed E-state index contributed by atoms with van der Waals surface area (Å²) in [5, 5.41) is 4.09. The monoisotopic (exact) mass is 344 g/mol. The molecule has 3 aromatic heterocycles. The fraction of sp³-hybridized carbons (Fsp3) is 0.150. The van der Waals surface area contributed by atoms with Crippen molar-refractivity contribution in [1.82, 2.24) is 20.1 Å². The van der Waals surface area contributed by atoms with Crippen molar-refractivity contribution in [2.24, 2.45) is 0 Å². The van der Waals surface area contributed by atoms with E-state index in [0.29, 0.717) is 0 Å². The van der Waals surface area contributed by atoms with E-state index in [0.717, 1.165) is 61.7 Å². The summed E-state index contributed by atoms with van der Waals surface area (Å²) in [4.78, 5) is 12.3. The average Bonchev–Trinajstić information content (AvgIpc) is 3.31. The van der Waals surface area contributed by atoms with Crippen molar-refractivity contribution < 1.29 is 8.94 Å². The number of aromatic nitrogens is 4. The second-order valence-corrected chi connectivity index (χ2v) is 6.48. The molecule has 2 aromatic carbocycles. The molecule has 6 nitrogen and oxygen atoms in total. The van der Waals surface area contributed by atoms with Gasteiger partial charge >= 0.3 is 0 Å². The third-order valence-corrected chi connectivity index (χ3v) is 4.67. The van der Waals surface area contributed by atoms with Gasteiger partial charge in [-0.2, -0.15) is 0 Å². The number of benzene rings is 2. The molecule has 0 aliphatic heterocycles. The largest absolute Gasteiger partial charge is 0.443 e. The topological polar surface area (TPSA) is 80.7 Å². The lowest BCUT2D eigenvalue weighted by molar-refractivity contribution is 0.393. The fourth-order valence-electron chi connectivity index (χ4n) is 3.53. The van der Waals surface area contributed by atoms with Crippen molar-refractivity contribution >= 4 is 22.1 Å². The molecule has 0 fully saturated rings. The van der Waals surface area contributed by atoms with Crippen LogP contribution in [-0.2, 0) is 0 Å². The quantitative estimate of drug-likeness (QED) is 0.490. The van der Waals surface area contributed by atoms with E-state index in [1.165, 1.54) is 6.39 Å². The highest BCUT2D eigenvalue weighted by Gasteiger charge is 2.17. The van der Waals surface area contributed by atoms with Crippen molar-refractivity contribution in [2.45, 2.75) is 20.8 Å². The van der Waals surface area contributed by atoms with E-state index in [-0.39, 0.29) is 0 Å². The van der Waals surface area contributed by atoms with E-state index in [1.54, 1.807) is 0 Å². The smallest absolute Gasteiger partial charge is 0.181 e. The SMILES string of the molecule is Cc1nc2c(-c3ccc4ocnc4c3)cc(-c3c(C)noc3C)cc2[nH]1. The summed E-state index contributed by atoms with van der Waals surface area (Å²) in [6.45, 7) is 5.84. The summed E-state index contributed by atoms with van der Waals surface area (Å²) in [5.41, 5.74) is 8.52. The molecule has 0 atom stereocenters. The third-order valence-electron chi connectivity index (χ3n) is 4.67. The maximum Gasteiger partial charge on any atom is 0.181 e. The highest BCUT2D eigenvalue weighted by Crippen LogP contribution is 2.36. The van der Waals surface area contributed by atoms with Crippen molar-refractivity contribution in [3.05, 3.63) is 54.0 Å². The molecule has 0 saturated carbocycles. The molecule has 5 rings (SSSR count). The molecular formula is C20H16N4O2. The first-order valence-electron chi connectivity index (χ1n) is 8.37. The molecule has 0 aliphatic carbocycles. The van der Waals surface area contributed by atoms with Crippen LogP contribution in [0.3, 0.4) is 0 Å². The van der Waals surface area contributed by atoms with Crippen molar-refractivity contribution in [1.29, 1.82) is 0 Å². The van der Waals surface area contributed by atoms with Crippen molar-refractivity contribution in [3.63, 3.8) is 0 Å². The summed E-state index contributed by atoms with van der Waals surface area (Å²) in [6, 6.07) is 10.2. The summed E-state index contributed by atoms with van der Waals surface area (Å²) in [7, 11) is 0. The maximum atomic E-state index is 5.36. The molecule has 0 amide bonds. The Labute approximate surface area is 148 Å². The maximum absolute atomic E-state index is 5.36. The van der Waals surface area contributed by atoms with Gasteiger partial charge in [0.1, 0.15) is 17.1 Å². The molecule has 3 heterocycles. The second kappa shape index (κ2) is 5.29. The van der Waals surface area contributed by atoms with Gasteiger partial charge in [-0.15, -0.1) is 0 Å². The van der Waals surface area contributed by atoms with Crippen LogP contribution >= 0.6 is 0 Å². The van der Waals surface area contributed by atoms with Gasteiger partial charge in [0.05, 0.1) is 16.7 Å². The second-order valence-electron chi connectivity index (χ2n) is 6.48. The van der Waals surface area contributed by atoms with Gasteiger partial charge in [0.25, 0.3) is 0 Å². The minimum absolute atomic E-state index is 0.769. The first kappa shape index (κ1) is 14.9. The standard InChI is InChI=1S/C20H16N4O2/c1-10-19(11(2)26-24-10)14-6-15(20-17(8-14)22-12(3)23-20)13-4-5-18-16(7-13)21-9-25-18/h4-9H,1-3H3,(H,22,23). The molecule has 0 saturated heterocycles. The number of H-pyrrole nitrogens is 1. The van der Waals surface area contributed by atoms with E-state index in [2.05, 4.69) is 32.2 Å². The Bertz CT molecular complexity index is 1260. The van der Waals surface area contributed by atoms with Crippen LogP contribution in [0.1, 0.15) is 17.3 Å². The molecule has 0 unspecified atom stereocenters. The predicted molar refractivity (Wildman–Crippen MR) is 98.8 cm³/mol. The number of fused-ring (bicyclic) bond motifs is 2. The molecule has 0 aliphatic rings. The predicted octanol–water partition coefficient (Wildman–Crippen LogP) is 4.95. The molecule has 1 N–H and O–H groups in total. The number of aromatic amines is 1. The van der Waals surface area contributed by atoms with Gasteiger partial charge in [-0.05, 0) is 56.2 Å². The number of nitrogens with one attached hydrogen (secondary N) is 1. The Morgan fingerprint density at radius 1 is 1.00 bits per heavy atom. The average molecular weight is 344 g/mol. The van der Waals surface area contributed by atoms with Crippen LogP contribution in [0.5, 0.6) is 0 Å². The number of hydrogen-bond acceptors (Lipinski definition) is 5. The van der Waals surface area contributed by atoms with Crippen LogP contribution < -0.4 is 0 Å². The molecule has 0 bridgehead atoms. The number of oxazole rings is 1. The first-order valence-corrected chi connectivity index (χ1v) is 8.37. The minimum Gasteiger partial charge on any atom is -0.443 e. The zero-order chi connectivity index (χ0) is 17.8. The lowest BCUT2D eigenvalue weighted by Gasteiger charge is -2.07. The van der Waals surface area contributed by atoms with Gasteiger partial charge in [0.2, 0.25) is 0 Å². The van der Waals surface area contributed by atoms with Gasteiger partial charge in [-0.3, -0.25) is 0 Å². The zero-order valence-corrected chi connectivity index (χ0v) is 14.6. The van der Waals surface area contributed by atoms with Gasteiger partial charge in [-0.25, -0.2) is 9.97 Å². The number of hydrogen-bond donors (Lipinski definition) is 1. The Hall–Kier alpha value is -3.41. The lowest BCUT2D eigenvalue weighted by atomic mass is 9.96. The highest BCUT2D eigenvalue weighted by molar-refractivity contribution is 5.98. The van der Waals surface area contributed by atoms with Crippen molar-refractivity contribution in [2.75, 3.05) is 0 Å². The van der Waals surface area contributed by atoms with Crippen LogP contribution in [0.15, 0.2) is 45.7 Å². The van der Waals surface area contributed by atoms with Gasteiger partial charge < -0.3 is 13.9 Å². The van der Waals surface area contributed by atoms with E-state index in [9.17, 15) is 0 Å². The van der Waals surface area contributed by atoms with Crippen LogP contribution in [0.2, 0.25) is 0 Å². The third kappa shape index (κ3) is 2.15. The first-order chi connectivity index (χ1) is 12.6. The number of rotatable bonds is 2. The Morgan fingerprint density at radius 2 is 1.88 bits per heavy atom. The van der Waals surface area contributed by atoms with Gasteiger partial charge in [-0.1, -0.05) is 11.2 Å². The fourth-order valence-corrected chi connectivity index (χ4v) is 3.53. The lowest BCUT2D eigenvalue weighted by Crippen LogP contribution is -1.87. The van der Waals surface area contributed by atoms with E-state index < -0.39 is 0 Å². The van der Waals surface area contributed by atoms with E-state index in [1.807, 2.05) is 39.0 Å². The van der Waals surface area contributed by atoms with Crippen molar-refractivity contribution in [3.8, 4) is 22.3 Å². The van der Waals surface area contributed by atoms with E-state index in [4.69, 9.17) is 8.94 Å². The zero-order valence-electron chi connectivity index (χ0n) is 14.6. The summed E-state index contributed by atoms with van der Waals surface area (Å²) >= 11 is 0. The summed E-state index contributed by atoms with van der Waals surface area (Å²) in [5.74, 6) is 1.68. The van der Waals surface area contributed by atoms with Crippen LogP contribution in [0, 0.1) is 20.8 Å². The van der Waals surface area contributed by atoms with Crippen LogP contribution in [-0.4, -0.2) is 20.1 Å². The summed E-state index contributed by atoms with van der Waals surface area (Å²) < 4.78 is 10.7. The molecular weight excluding hydrogens is 328 g/mol. The van der Waals surface area contributed by atoms with Crippen LogP contribution in [0.25, 0.3) is 44.4 Å². The molecule has 128 valence electrons. The normalized spacial score (nSPS) is 11.7. The van der Waals surface area contributed by atoms with Gasteiger partial charge in [0.15, 0.2) is 12.0 Å². The minimum atomic E-state index is 0.769. The number of imidazole rings is 1. The number of aryl methyl sites for hydroxylation is 3. The Kier molecular flexibility index (Phi) is 3.03. The molecule has 0 radical (unpaired) electrons. The molecule has 5 aromatic rings. The molecule has 6 heteroatoms. The number of nitrogens with zero attached hydrogens (tertiary/aromatic N) is 3. The highest BCUT2D eigenvalue weighted by atomic mass is 16.5. The summed E-state index contributed by atoms with van der Waals surface area (Å²) in [6.07, 6.45) is 1.46. The molecule has 0 spiro atoms. The van der Waals surface area contributed by atoms with E-state index >= 15 is 0 Å². The van der Waals surface area contributed by atoms with Gasteiger partial charge in [0, 0.05) is 11.1 Å². The Balaban J connectivity index is 1.82.